The van der Waals surface area contributed by atoms with Crippen LogP contribution in [0, 0.1) is 10.1 Å². The van der Waals surface area contributed by atoms with Gasteiger partial charge in [0.25, 0.3) is 5.69 Å². The van der Waals surface area contributed by atoms with Crippen molar-refractivity contribution in [2.45, 2.75) is 25.7 Å². The van der Waals surface area contributed by atoms with Gasteiger partial charge in [0, 0.05) is 18.8 Å². The molecule has 2 aromatic carbocycles. The van der Waals surface area contributed by atoms with Crippen LogP contribution in [0.15, 0.2) is 42.5 Å². The summed E-state index contributed by atoms with van der Waals surface area (Å²) in [6.07, 6.45) is 4.57. The lowest BCUT2D eigenvalue weighted by atomic mass is 9.90. The van der Waals surface area contributed by atoms with E-state index in [1.165, 1.54) is 24.0 Å². The summed E-state index contributed by atoms with van der Waals surface area (Å²) < 4.78 is 0. The van der Waals surface area contributed by atoms with Gasteiger partial charge in [0.2, 0.25) is 0 Å². The smallest absolute Gasteiger partial charge is 0.292 e. The number of hydrogen-bond acceptors (Lipinski definition) is 3. The second kappa shape index (κ2) is 5.56. The summed E-state index contributed by atoms with van der Waals surface area (Å²) in [7, 11) is 1.91. The van der Waals surface area contributed by atoms with Crippen LogP contribution in [-0.4, -0.2) is 12.0 Å². The van der Waals surface area contributed by atoms with E-state index in [2.05, 4.69) is 12.1 Å². The van der Waals surface area contributed by atoms with Crippen molar-refractivity contribution >= 4 is 17.1 Å². The zero-order valence-electron chi connectivity index (χ0n) is 12.1. The van der Waals surface area contributed by atoms with Crippen molar-refractivity contribution < 1.29 is 4.92 Å². The Kier molecular flexibility index (Phi) is 3.60. The van der Waals surface area contributed by atoms with Gasteiger partial charge in [-0.2, -0.15) is 0 Å². The number of benzene rings is 2. The molecule has 21 heavy (non-hydrogen) atoms. The first-order chi connectivity index (χ1) is 10.2. The molecule has 108 valence electrons. The van der Waals surface area contributed by atoms with Crippen molar-refractivity contribution in [1.29, 1.82) is 0 Å². The molecule has 2 aromatic rings. The molecular formula is C17H18N2O2. The summed E-state index contributed by atoms with van der Waals surface area (Å²) in [5, 5.41) is 11.2. The maximum atomic E-state index is 11.2. The summed E-state index contributed by atoms with van der Waals surface area (Å²) in [5.74, 6) is 0. The highest BCUT2D eigenvalue weighted by Crippen LogP contribution is 2.37. The number of aryl methyl sites for hydroxylation is 1. The fourth-order valence-corrected chi connectivity index (χ4v) is 3.11. The van der Waals surface area contributed by atoms with Crippen LogP contribution in [-0.2, 0) is 12.8 Å². The van der Waals surface area contributed by atoms with Crippen molar-refractivity contribution in [1.82, 2.24) is 0 Å². The molecule has 4 nitrogen and oxygen atoms in total. The molecule has 0 atom stereocenters. The first kappa shape index (κ1) is 13.6. The molecule has 1 aliphatic rings. The summed E-state index contributed by atoms with van der Waals surface area (Å²) in [6, 6.07) is 13.2. The molecule has 1 aliphatic carbocycles. The van der Waals surface area contributed by atoms with Crippen LogP contribution in [0.2, 0.25) is 0 Å². The lowest BCUT2D eigenvalue weighted by Gasteiger charge is -2.26. The lowest BCUT2D eigenvalue weighted by molar-refractivity contribution is -0.384. The highest BCUT2D eigenvalue weighted by atomic mass is 16.6. The standard InChI is InChI=1S/C17H18N2O2/c1-18(16-10-4-5-11-17(16)19(20)21)15-12-6-8-13-7-2-3-9-14(13)15/h4-6,8,10-12H,2-3,7,9H2,1H3. The second-order valence-electron chi connectivity index (χ2n) is 5.43. The average molecular weight is 282 g/mol. The molecule has 0 bridgehead atoms. The monoisotopic (exact) mass is 282 g/mol. The molecule has 0 heterocycles. The van der Waals surface area contributed by atoms with Gasteiger partial charge < -0.3 is 4.90 Å². The minimum absolute atomic E-state index is 0.147. The Morgan fingerprint density at radius 2 is 1.71 bits per heavy atom. The molecule has 0 N–H and O–H groups in total. The Morgan fingerprint density at radius 1 is 1.00 bits per heavy atom. The Balaban J connectivity index is 2.07. The second-order valence-corrected chi connectivity index (χ2v) is 5.43. The van der Waals surface area contributed by atoms with E-state index in [1.54, 1.807) is 18.2 Å². The average Bonchev–Trinajstić information content (AvgIpc) is 2.53. The first-order valence-corrected chi connectivity index (χ1v) is 7.26. The van der Waals surface area contributed by atoms with Crippen molar-refractivity contribution in [2.24, 2.45) is 0 Å². The van der Waals surface area contributed by atoms with Crippen LogP contribution in [0.1, 0.15) is 24.0 Å². The number of nitro benzene ring substituents is 1. The van der Waals surface area contributed by atoms with E-state index in [-0.39, 0.29) is 10.6 Å². The van der Waals surface area contributed by atoms with Crippen LogP contribution >= 0.6 is 0 Å². The third-order valence-electron chi connectivity index (χ3n) is 4.17. The predicted molar refractivity (Wildman–Crippen MR) is 84.2 cm³/mol. The number of nitrogens with zero attached hydrogens (tertiary/aromatic N) is 2. The van der Waals surface area contributed by atoms with Crippen LogP contribution in [0.5, 0.6) is 0 Å². The molecule has 0 aromatic heterocycles. The quantitative estimate of drug-likeness (QED) is 0.624. The van der Waals surface area contributed by atoms with Crippen LogP contribution < -0.4 is 4.90 Å². The molecule has 0 saturated heterocycles. The third kappa shape index (κ3) is 2.49. The van der Waals surface area contributed by atoms with E-state index in [1.807, 2.05) is 24.1 Å². The van der Waals surface area contributed by atoms with Crippen LogP contribution in [0.25, 0.3) is 0 Å². The predicted octanol–water partition coefficient (Wildman–Crippen LogP) is 4.24. The van der Waals surface area contributed by atoms with Gasteiger partial charge >= 0.3 is 0 Å². The summed E-state index contributed by atoms with van der Waals surface area (Å²) in [4.78, 5) is 12.9. The molecule has 0 radical (unpaired) electrons. The van der Waals surface area contributed by atoms with Gasteiger partial charge in [0.15, 0.2) is 0 Å². The number of fused-ring (bicyclic) bond motifs is 1. The van der Waals surface area contributed by atoms with Crippen LogP contribution in [0.3, 0.4) is 0 Å². The number of nitro groups is 1. The van der Waals surface area contributed by atoms with Crippen molar-refractivity contribution in [2.75, 3.05) is 11.9 Å². The van der Waals surface area contributed by atoms with E-state index in [0.717, 1.165) is 18.5 Å². The van der Waals surface area contributed by atoms with Gasteiger partial charge in [0.05, 0.1) is 4.92 Å². The highest BCUT2D eigenvalue weighted by Gasteiger charge is 2.21. The Bertz CT molecular complexity index is 682. The fourth-order valence-electron chi connectivity index (χ4n) is 3.11. The Morgan fingerprint density at radius 3 is 2.52 bits per heavy atom. The van der Waals surface area contributed by atoms with Crippen molar-refractivity contribution in [3.8, 4) is 0 Å². The number of anilines is 2. The van der Waals surface area contributed by atoms with E-state index in [4.69, 9.17) is 0 Å². The minimum atomic E-state index is -0.318. The topological polar surface area (TPSA) is 46.4 Å². The molecule has 0 aliphatic heterocycles. The number of rotatable bonds is 3. The molecular weight excluding hydrogens is 264 g/mol. The molecule has 0 saturated carbocycles. The van der Waals surface area contributed by atoms with Crippen LogP contribution in [0.4, 0.5) is 17.1 Å². The largest absolute Gasteiger partial charge is 0.339 e. The molecule has 0 amide bonds. The normalized spacial score (nSPS) is 13.6. The van der Waals surface area contributed by atoms with Gasteiger partial charge in [-0.15, -0.1) is 0 Å². The molecule has 0 fully saturated rings. The number of hydrogen-bond donors (Lipinski definition) is 0. The lowest BCUT2D eigenvalue weighted by Crippen LogP contribution is -2.16. The van der Waals surface area contributed by atoms with Gasteiger partial charge in [-0.25, -0.2) is 0 Å². The molecule has 4 heteroatoms. The minimum Gasteiger partial charge on any atom is -0.339 e. The van der Waals surface area contributed by atoms with E-state index in [9.17, 15) is 10.1 Å². The van der Waals surface area contributed by atoms with Crippen molar-refractivity contribution in [3.05, 3.63) is 63.7 Å². The van der Waals surface area contributed by atoms with Gasteiger partial charge in [0.1, 0.15) is 5.69 Å². The van der Waals surface area contributed by atoms with Crippen molar-refractivity contribution in [3.63, 3.8) is 0 Å². The van der Waals surface area contributed by atoms with E-state index >= 15 is 0 Å². The van der Waals surface area contributed by atoms with Gasteiger partial charge in [-0.05, 0) is 48.9 Å². The molecule has 0 spiro atoms. The summed E-state index contributed by atoms with van der Waals surface area (Å²) in [6.45, 7) is 0. The summed E-state index contributed by atoms with van der Waals surface area (Å²) >= 11 is 0. The maximum absolute atomic E-state index is 11.2. The maximum Gasteiger partial charge on any atom is 0.292 e. The van der Waals surface area contributed by atoms with E-state index < -0.39 is 0 Å². The third-order valence-corrected chi connectivity index (χ3v) is 4.17. The molecule has 3 rings (SSSR count). The summed E-state index contributed by atoms with van der Waals surface area (Å²) in [5.41, 5.74) is 4.59. The zero-order valence-corrected chi connectivity index (χ0v) is 12.1. The molecule has 0 unspecified atom stereocenters. The Hall–Kier alpha value is -2.36. The number of para-hydroxylation sites is 2. The fraction of sp³-hybridized carbons (Fsp3) is 0.294. The Labute approximate surface area is 124 Å². The highest BCUT2D eigenvalue weighted by molar-refractivity contribution is 5.74. The first-order valence-electron chi connectivity index (χ1n) is 7.26. The SMILES string of the molecule is CN(c1ccccc1[N+](=O)[O-])c1cccc2c1CCCC2. The zero-order chi connectivity index (χ0) is 14.8. The van der Waals surface area contributed by atoms with Gasteiger partial charge in [-0.3, -0.25) is 10.1 Å². The van der Waals surface area contributed by atoms with Gasteiger partial charge in [-0.1, -0.05) is 24.3 Å². The van der Waals surface area contributed by atoms with E-state index in [0.29, 0.717) is 5.69 Å².